The molecule has 0 unspecified atom stereocenters. The lowest BCUT2D eigenvalue weighted by atomic mass is 9.73. The molecule has 0 spiro atoms. The first-order valence-corrected chi connectivity index (χ1v) is 10.8. The van der Waals surface area contributed by atoms with E-state index in [2.05, 4.69) is 0 Å². The smallest absolute Gasteiger partial charge is 0.217 e. The summed E-state index contributed by atoms with van der Waals surface area (Å²) in [6, 6.07) is 0. The van der Waals surface area contributed by atoms with Crippen LogP contribution in [-0.2, 0) is 19.5 Å². The third-order valence-electron chi connectivity index (χ3n) is 6.23. The Morgan fingerprint density at radius 2 is 1.96 bits per heavy atom. The van der Waals surface area contributed by atoms with Crippen molar-refractivity contribution in [3.63, 3.8) is 0 Å². The van der Waals surface area contributed by atoms with Gasteiger partial charge in [-0.3, -0.25) is 0 Å². The van der Waals surface area contributed by atoms with Gasteiger partial charge in [0.05, 0.1) is 18.0 Å². The quantitative estimate of drug-likeness (QED) is 0.742. The zero-order valence-corrected chi connectivity index (χ0v) is 14.7. The summed E-state index contributed by atoms with van der Waals surface area (Å²) in [5, 5.41) is -0.114. The molecule has 0 bridgehead atoms. The van der Waals surface area contributed by atoms with Gasteiger partial charge < -0.3 is 9.47 Å². The number of ether oxygens (including phenoxy) is 2. The second kappa shape index (κ2) is 6.28. The predicted molar refractivity (Wildman–Crippen MR) is 87.7 cm³/mol. The Morgan fingerprint density at radius 1 is 1.13 bits per heavy atom. The van der Waals surface area contributed by atoms with Crippen molar-refractivity contribution < 1.29 is 17.9 Å². The van der Waals surface area contributed by atoms with Gasteiger partial charge in [0.25, 0.3) is 0 Å². The number of piperidine rings is 1. The third-order valence-corrected chi connectivity index (χ3v) is 8.57. The minimum atomic E-state index is -3.09. The molecule has 132 valence electrons. The Labute approximate surface area is 139 Å². The topological polar surface area (TPSA) is 55.8 Å². The Kier molecular flexibility index (Phi) is 4.45. The number of fused-ring (bicyclic) bond motifs is 1. The van der Waals surface area contributed by atoms with Crippen LogP contribution in [0.5, 0.6) is 0 Å². The van der Waals surface area contributed by atoms with Gasteiger partial charge in [0.2, 0.25) is 10.0 Å². The molecule has 2 aliphatic heterocycles. The van der Waals surface area contributed by atoms with Gasteiger partial charge in [-0.05, 0) is 50.9 Å². The van der Waals surface area contributed by atoms with Crippen LogP contribution in [0, 0.1) is 11.3 Å². The summed E-state index contributed by atoms with van der Waals surface area (Å²) in [4.78, 5) is 0. The second-order valence-electron chi connectivity index (χ2n) is 8.00. The van der Waals surface area contributed by atoms with E-state index in [4.69, 9.17) is 9.47 Å². The molecule has 0 radical (unpaired) electrons. The average molecular weight is 343 g/mol. The monoisotopic (exact) mass is 343 g/mol. The van der Waals surface area contributed by atoms with Gasteiger partial charge in [0, 0.05) is 31.7 Å². The standard InChI is InChI=1S/C17H29NO4S/c19-23(20,15-5-6-15)18-9-7-16-17(12-18,8-2-10-22-16)13-21-11-14-3-1-4-14/h14-16H,1-13H2/t16-,17-/m0/s1. The van der Waals surface area contributed by atoms with Gasteiger partial charge in [-0.15, -0.1) is 0 Å². The van der Waals surface area contributed by atoms with Gasteiger partial charge in [-0.1, -0.05) is 6.42 Å². The fourth-order valence-electron chi connectivity index (χ4n) is 4.34. The fraction of sp³-hybridized carbons (Fsp3) is 1.00. The summed E-state index contributed by atoms with van der Waals surface area (Å²) >= 11 is 0. The molecule has 0 N–H and O–H groups in total. The van der Waals surface area contributed by atoms with Crippen LogP contribution in [0.3, 0.4) is 0 Å². The highest BCUT2D eigenvalue weighted by Gasteiger charge is 2.51. The highest BCUT2D eigenvalue weighted by Crippen LogP contribution is 2.43. The van der Waals surface area contributed by atoms with E-state index < -0.39 is 10.0 Å². The highest BCUT2D eigenvalue weighted by atomic mass is 32.2. The molecule has 0 aromatic carbocycles. The minimum Gasteiger partial charge on any atom is -0.380 e. The zero-order chi connectivity index (χ0) is 15.9. The molecular weight excluding hydrogens is 314 g/mol. The summed E-state index contributed by atoms with van der Waals surface area (Å²) in [5.41, 5.74) is -0.123. The Balaban J connectivity index is 1.44. The van der Waals surface area contributed by atoms with E-state index in [9.17, 15) is 8.42 Å². The molecule has 0 amide bonds. The van der Waals surface area contributed by atoms with Crippen molar-refractivity contribution in [1.29, 1.82) is 0 Å². The van der Waals surface area contributed by atoms with Gasteiger partial charge >= 0.3 is 0 Å². The summed E-state index contributed by atoms with van der Waals surface area (Å²) in [6.45, 7) is 3.52. The molecular formula is C17H29NO4S. The Hall–Kier alpha value is -0.170. The summed E-state index contributed by atoms with van der Waals surface area (Å²) in [5.74, 6) is 0.726. The number of hydrogen-bond donors (Lipinski definition) is 0. The first kappa shape index (κ1) is 16.3. The van der Waals surface area contributed by atoms with E-state index >= 15 is 0 Å². The lowest BCUT2D eigenvalue weighted by Gasteiger charge is -2.50. The molecule has 5 nitrogen and oxygen atoms in total. The SMILES string of the molecule is O=S(=O)(C1CC1)N1CC[C@@H]2OCCC[C@@]2(COCC2CCC2)C1. The zero-order valence-electron chi connectivity index (χ0n) is 13.9. The van der Waals surface area contributed by atoms with Crippen LogP contribution in [0.2, 0.25) is 0 Å². The van der Waals surface area contributed by atoms with E-state index in [0.29, 0.717) is 19.7 Å². The molecule has 2 saturated heterocycles. The Bertz CT molecular complexity index is 529. The second-order valence-corrected chi connectivity index (χ2v) is 10.2. The van der Waals surface area contributed by atoms with Crippen molar-refractivity contribution in [3.05, 3.63) is 0 Å². The van der Waals surface area contributed by atoms with Crippen molar-refractivity contribution >= 4 is 10.0 Å². The molecule has 4 rings (SSSR count). The molecule has 23 heavy (non-hydrogen) atoms. The lowest BCUT2D eigenvalue weighted by molar-refractivity contribution is -0.146. The number of nitrogens with zero attached hydrogens (tertiary/aromatic N) is 1. The molecule has 2 saturated carbocycles. The van der Waals surface area contributed by atoms with Crippen LogP contribution >= 0.6 is 0 Å². The first-order valence-electron chi connectivity index (χ1n) is 9.28. The molecule has 4 fully saturated rings. The van der Waals surface area contributed by atoms with Crippen LogP contribution in [0.1, 0.15) is 51.4 Å². The largest absolute Gasteiger partial charge is 0.380 e. The van der Waals surface area contributed by atoms with E-state index in [1.54, 1.807) is 4.31 Å². The fourth-order valence-corrected chi connectivity index (χ4v) is 6.29. The summed E-state index contributed by atoms with van der Waals surface area (Å²) in [6.07, 6.45) is 8.61. The maximum absolute atomic E-state index is 12.6. The van der Waals surface area contributed by atoms with Crippen molar-refractivity contribution in [2.24, 2.45) is 11.3 Å². The van der Waals surface area contributed by atoms with Crippen molar-refractivity contribution in [1.82, 2.24) is 4.31 Å². The van der Waals surface area contributed by atoms with E-state index in [1.807, 2.05) is 0 Å². The van der Waals surface area contributed by atoms with E-state index in [1.165, 1.54) is 19.3 Å². The van der Waals surface area contributed by atoms with E-state index in [-0.39, 0.29) is 16.8 Å². The predicted octanol–water partition coefficient (Wildman–Crippen LogP) is 2.17. The van der Waals surface area contributed by atoms with Crippen LogP contribution in [-0.4, -0.2) is 57.0 Å². The molecule has 2 aliphatic carbocycles. The summed E-state index contributed by atoms with van der Waals surface area (Å²) in [7, 11) is -3.09. The molecule has 0 aromatic heterocycles. The molecule has 0 aromatic rings. The Morgan fingerprint density at radius 3 is 2.65 bits per heavy atom. The molecule has 4 aliphatic rings. The third kappa shape index (κ3) is 3.20. The normalized spacial score (nSPS) is 36.4. The van der Waals surface area contributed by atoms with Crippen LogP contribution in [0.4, 0.5) is 0 Å². The van der Waals surface area contributed by atoms with E-state index in [0.717, 1.165) is 51.2 Å². The maximum Gasteiger partial charge on any atom is 0.217 e. The van der Waals surface area contributed by atoms with Crippen LogP contribution in [0.25, 0.3) is 0 Å². The maximum atomic E-state index is 12.6. The lowest BCUT2D eigenvalue weighted by Crippen LogP contribution is -2.58. The highest BCUT2D eigenvalue weighted by molar-refractivity contribution is 7.90. The van der Waals surface area contributed by atoms with Crippen LogP contribution < -0.4 is 0 Å². The number of hydrogen-bond acceptors (Lipinski definition) is 4. The number of rotatable bonds is 6. The molecule has 6 heteroatoms. The van der Waals surface area contributed by atoms with Crippen LogP contribution in [0.15, 0.2) is 0 Å². The van der Waals surface area contributed by atoms with Gasteiger partial charge in [0.1, 0.15) is 0 Å². The van der Waals surface area contributed by atoms with Gasteiger partial charge in [0.15, 0.2) is 0 Å². The molecule has 2 atom stereocenters. The molecule has 2 heterocycles. The minimum absolute atomic E-state index is 0.114. The number of sulfonamides is 1. The van der Waals surface area contributed by atoms with Crippen molar-refractivity contribution in [2.45, 2.75) is 62.7 Å². The van der Waals surface area contributed by atoms with Crippen molar-refractivity contribution in [3.8, 4) is 0 Å². The van der Waals surface area contributed by atoms with Gasteiger partial charge in [-0.25, -0.2) is 12.7 Å². The average Bonchev–Trinajstić information content (AvgIpc) is 3.34. The van der Waals surface area contributed by atoms with Gasteiger partial charge in [-0.2, -0.15) is 0 Å². The van der Waals surface area contributed by atoms with Crippen molar-refractivity contribution in [2.75, 3.05) is 32.9 Å². The summed E-state index contributed by atoms with van der Waals surface area (Å²) < 4.78 is 39.1. The first-order chi connectivity index (χ1) is 11.1.